The van der Waals surface area contributed by atoms with Gasteiger partial charge in [-0.3, -0.25) is 4.79 Å². The highest BCUT2D eigenvalue weighted by atomic mass is 19.3. The molecule has 4 nitrogen and oxygen atoms in total. The van der Waals surface area contributed by atoms with Gasteiger partial charge >= 0.3 is 6.61 Å². The van der Waals surface area contributed by atoms with Crippen LogP contribution in [0.3, 0.4) is 0 Å². The number of hydrogen-bond donors (Lipinski definition) is 2. The largest absolute Gasteiger partial charge is 0.435 e. The lowest BCUT2D eigenvalue weighted by molar-refractivity contribution is -0.125. The number of amides is 1. The number of hydrogen-bond acceptors (Lipinski definition) is 2. The molecule has 1 aliphatic carbocycles. The van der Waals surface area contributed by atoms with E-state index in [2.05, 4.69) is 15.0 Å². The van der Waals surface area contributed by atoms with Crippen molar-refractivity contribution in [3.63, 3.8) is 0 Å². The second-order valence-electron chi connectivity index (χ2n) is 6.12. The molecule has 0 atom stereocenters. The molecular formula is C18H24F2N2O2. The molecular weight excluding hydrogens is 314 g/mol. The topological polar surface area (TPSA) is 54.1 Å². The summed E-state index contributed by atoms with van der Waals surface area (Å²) in [7, 11) is 0. The summed E-state index contributed by atoms with van der Waals surface area (Å²) in [5, 5.41) is 3.68. The number of benzene rings is 1. The molecule has 0 radical (unpaired) electrons. The third-order valence-corrected chi connectivity index (χ3v) is 4.18. The molecule has 132 valence electrons. The van der Waals surface area contributed by atoms with Crippen LogP contribution in [0.25, 0.3) is 10.9 Å². The molecule has 1 saturated carbocycles. The fraction of sp³-hybridized carbons (Fsp3) is 0.500. The van der Waals surface area contributed by atoms with Crippen molar-refractivity contribution in [3.05, 3.63) is 29.5 Å². The summed E-state index contributed by atoms with van der Waals surface area (Å²) >= 11 is 0. The van der Waals surface area contributed by atoms with Gasteiger partial charge in [0.15, 0.2) is 0 Å². The van der Waals surface area contributed by atoms with Gasteiger partial charge in [0.2, 0.25) is 5.91 Å². The molecule has 1 amide bonds. The molecule has 0 saturated heterocycles. The van der Waals surface area contributed by atoms with Gasteiger partial charge in [0.1, 0.15) is 5.75 Å². The third-order valence-electron chi connectivity index (χ3n) is 4.18. The van der Waals surface area contributed by atoms with E-state index in [1.807, 2.05) is 26.8 Å². The van der Waals surface area contributed by atoms with Crippen molar-refractivity contribution in [2.24, 2.45) is 5.41 Å². The first kappa shape index (κ1) is 18.2. The number of aromatic amines is 1. The van der Waals surface area contributed by atoms with Crippen molar-refractivity contribution in [2.45, 2.75) is 53.7 Å². The SMILES string of the molecule is CC.Cc1cc2[nH]c(CNC(=O)C3(C)CC3)cc2cc1OC(F)F. The molecule has 0 unspecified atom stereocenters. The van der Waals surface area contributed by atoms with Crippen LogP contribution >= 0.6 is 0 Å². The Bertz CT molecular complexity index is 721. The minimum atomic E-state index is -2.84. The molecule has 1 aromatic heterocycles. The number of aryl methyl sites for hydroxylation is 1. The van der Waals surface area contributed by atoms with E-state index in [0.29, 0.717) is 12.1 Å². The molecule has 1 aliphatic rings. The predicted molar refractivity (Wildman–Crippen MR) is 90.2 cm³/mol. The highest BCUT2D eigenvalue weighted by molar-refractivity contribution is 5.85. The van der Waals surface area contributed by atoms with Crippen molar-refractivity contribution in [1.29, 1.82) is 0 Å². The van der Waals surface area contributed by atoms with E-state index in [1.165, 1.54) is 0 Å². The van der Waals surface area contributed by atoms with E-state index in [9.17, 15) is 13.6 Å². The van der Waals surface area contributed by atoms with Crippen molar-refractivity contribution in [1.82, 2.24) is 10.3 Å². The van der Waals surface area contributed by atoms with E-state index < -0.39 is 6.61 Å². The Balaban J connectivity index is 0.00000100. The van der Waals surface area contributed by atoms with E-state index in [4.69, 9.17) is 0 Å². The Morgan fingerprint density at radius 3 is 2.58 bits per heavy atom. The van der Waals surface area contributed by atoms with E-state index in [-0.39, 0.29) is 17.1 Å². The zero-order chi connectivity index (χ0) is 17.9. The first-order valence-corrected chi connectivity index (χ1v) is 8.23. The number of carbonyl (C=O) groups excluding carboxylic acids is 1. The Hall–Kier alpha value is -2.11. The van der Waals surface area contributed by atoms with Crippen LogP contribution in [0.15, 0.2) is 18.2 Å². The maximum Gasteiger partial charge on any atom is 0.387 e. The highest BCUT2D eigenvalue weighted by Gasteiger charge is 2.44. The highest BCUT2D eigenvalue weighted by Crippen LogP contribution is 2.45. The number of halogens is 2. The minimum absolute atomic E-state index is 0.0593. The van der Waals surface area contributed by atoms with Gasteiger partial charge in [0, 0.05) is 22.0 Å². The summed E-state index contributed by atoms with van der Waals surface area (Å²) in [4.78, 5) is 15.1. The molecule has 1 fully saturated rings. The normalized spacial score (nSPS) is 15.0. The summed E-state index contributed by atoms with van der Waals surface area (Å²) in [5.41, 5.74) is 2.10. The molecule has 0 aliphatic heterocycles. The molecule has 3 rings (SSSR count). The third kappa shape index (κ3) is 4.04. The average molecular weight is 338 g/mol. The Morgan fingerprint density at radius 1 is 1.33 bits per heavy atom. The molecule has 1 heterocycles. The maximum absolute atomic E-state index is 12.4. The molecule has 0 bridgehead atoms. The van der Waals surface area contributed by atoms with Crippen LogP contribution in [0.5, 0.6) is 5.75 Å². The lowest BCUT2D eigenvalue weighted by Gasteiger charge is -2.08. The van der Waals surface area contributed by atoms with Gasteiger partial charge in [-0.1, -0.05) is 20.8 Å². The monoisotopic (exact) mass is 338 g/mol. The fourth-order valence-corrected chi connectivity index (χ4v) is 2.45. The van der Waals surface area contributed by atoms with Crippen LogP contribution in [0.4, 0.5) is 8.78 Å². The molecule has 1 aromatic carbocycles. The predicted octanol–water partition coefficient (Wildman–Crippen LogP) is 4.52. The smallest absolute Gasteiger partial charge is 0.387 e. The van der Waals surface area contributed by atoms with Gasteiger partial charge in [-0.05, 0) is 43.5 Å². The van der Waals surface area contributed by atoms with Crippen LogP contribution in [0.1, 0.15) is 44.9 Å². The summed E-state index contributed by atoms with van der Waals surface area (Å²) in [6.45, 7) is 5.22. The minimum Gasteiger partial charge on any atom is -0.435 e. The fourth-order valence-electron chi connectivity index (χ4n) is 2.45. The van der Waals surface area contributed by atoms with Gasteiger partial charge < -0.3 is 15.0 Å². The van der Waals surface area contributed by atoms with E-state index in [1.54, 1.807) is 19.1 Å². The molecule has 24 heavy (non-hydrogen) atoms. The van der Waals surface area contributed by atoms with Gasteiger partial charge in [-0.15, -0.1) is 0 Å². The summed E-state index contributed by atoms with van der Waals surface area (Å²) < 4.78 is 29.2. The Labute approximate surface area is 140 Å². The van der Waals surface area contributed by atoms with Gasteiger partial charge in [0.25, 0.3) is 0 Å². The lowest BCUT2D eigenvalue weighted by Crippen LogP contribution is -2.29. The number of fused-ring (bicyclic) bond motifs is 1. The molecule has 2 aromatic rings. The summed E-state index contributed by atoms with van der Waals surface area (Å²) in [6, 6.07) is 5.18. The number of rotatable bonds is 5. The van der Waals surface area contributed by atoms with Crippen molar-refractivity contribution in [3.8, 4) is 5.75 Å². The Morgan fingerprint density at radius 2 is 2.00 bits per heavy atom. The maximum atomic E-state index is 12.4. The zero-order valence-electron chi connectivity index (χ0n) is 14.5. The first-order chi connectivity index (χ1) is 11.4. The zero-order valence-corrected chi connectivity index (χ0v) is 14.5. The van der Waals surface area contributed by atoms with Crippen molar-refractivity contribution < 1.29 is 18.3 Å². The number of ether oxygens (including phenoxy) is 1. The lowest BCUT2D eigenvalue weighted by atomic mass is 10.1. The number of nitrogens with one attached hydrogen (secondary N) is 2. The van der Waals surface area contributed by atoms with Crippen molar-refractivity contribution in [2.75, 3.05) is 0 Å². The number of aromatic nitrogens is 1. The number of carbonyl (C=O) groups is 1. The number of alkyl halides is 2. The van der Waals surface area contributed by atoms with Crippen LogP contribution < -0.4 is 10.1 Å². The average Bonchev–Trinajstić information content (AvgIpc) is 3.17. The van der Waals surface area contributed by atoms with Gasteiger partial charge in [0.05, 0.1) is 6.54 Å². The van der Waals surface area contributed by atoms with E-state index in [0.717, 1.165) is 29.4 Å². The molecule has 2 N–H and O–H groups in total. The summed E-state index contributed by atoms with van der Waals surface area (Å²) in [5.74, 6) is 0.228. The van der Waals surface area contributed by atoms with Crippen LogP contribution in [0, 0.1) is 12.3 Å². The quantitative estimate of drug-likeness (QED) is 0.842. The van der Waals surface area contributed by atoms with Gasteiger partial charge in [-0.25, -0.2) is 0 Å². The van der Waals surface area contributed by atoms with Crippen molar-refractivity contribution >= 4 is 16.8 Å². The number of H-pyrrole nitrogens is 1. The van der Waals surface area contributed by atoms with Crippen LogP contribution in [-0.4, -0.2) is 17.5 Å². The molecule has 6 heteroatoms. The van der Waals surface area contributed by atoms with Crippen LogP contribution in [0.2, 0.25) is 0 Å². The summed E-state index contributed by atoms with van der Waals surface area (Å²) in [6.07, 6.45) is 1.86. The first-order valence-electron chi connectivity index (χ1n) is 8.23. The standard InChI is InChI=1S/C16H18F2N2O2.C2H6/c1-9-5-12-10(7-13(9)22-15(17)18)6-11(20-12)8-19-14(21)16(2)3-4-16;1-2/h5-7,15,20H,3-4,8H2,1-2H3,(H,19,21);1-2H3. The molecule has 0 spiro atoms. The van der Waals surface area contributed by atoms with E-state index >= 15 is 0 Å². The van der Waals surface area contributed by atoms with Crippen LogP contribution in [-0.2, 0) is 11.3 Å². The second kappa shape index (κ2) is 7.20. The Kier molecular flexibility index (Phi) is 5.47. The second-order valence-corrected chi connectivity index (χ2v) is 6.12. The van der Waals surface area contributed by atoms with Gasteiger partial charge in [-0.2, -0.15) is 8.78 Å².